The lowest BCUT2D eigenvalue weighted by atomic mass is 10.1. The van der Waals surface area contributed by atoms with Crippen LogP contribution in [0, 0.1) is 0 Å². The average molecular weight is 383 g/mol. The first-order valence-corrected chi connectivity index (χ1v) is 8.74. The van der Waals surface area contributed by atoms with Crippen LogP contribution in [0.25, 0.3) is 0 Å². The molecule has 0 saturated heterocycles. The average Bonchev–Trinajstić information content (AvgIpc) is 2.72. The van der Waals surface area contributed by atoms with Crippen LogP contribution in [0.15, 0.2) is 53.5 Å². The third-order valence-corrected chi connectivity index (χ3v) is 3.92. The number of nitrogens with two attached hydrogens (primary N) is 1. The first-order chi connectivity index (χ1) is 13.5. The number of aliphatic imine (C=N–C) groups is 1. The van der Waals surface area contributed by atoms with Gasteiger partial charge in [-0.1, -0.05) is 24.3 Å². The molecule has 2 aromatic rings. The summed E-state index contributed by atoms with van der Waals surface area (Å²) in [5.74, 6) is 0.546. The van der Waals surface area contributed by atoms with E-state index in [4.69, 9.17) is 10.5 Å². The van der Waals surface area contributed by atoms with Gasteiger partial charge in [-0.15, -0.1) is 0 Å². The van der Waals surface area contributed by atoms with Gasteiger partial charge >= 0.3 is 0 Å². The van der Waals surface area contributed by atoms with Crippen LogP contribution in [-0.4, -0.2) is 38.5 Å². The second kappa shape index (κ2) is 10.6. The molecular formula is C20H25N5O3. The summed E-state index contributed by atoms with van der Waals surface area (Å²) in [6, 6.07) is 14.9. The van der Waals surface area contributed by atoms with Crippen molar-refractivity contribution in [2.24, 2.45) is 10.7 Å². The second-order valence-electron chi connectivity index (χ2n) is 5.98. The number of amides is 2. The Bertz CT molecular complexity index is 834. The van der Waals surface area contributed by atoms with E-state index < -0.39 is 5.91 Å². The van der Waals surface area contributed by atoms with Crippen molar-refractivity contribution in [1.82, 2.24) is 16.0 Å². The van der Waals surface area contributed by atoms with Gasteiger partial charge in [0.25, 0.3) is 5.91 Å². The van der Waals surface area contributed by atoms with E-state index in [1.54, 1.807) is 26.3 Å². The van der Waals surface area contributed by atoms with Crippen LogP contribution < -0.4 is 26.4 Å². The summed E-state index contributed by atoms with van der Waals surface area (Å²) in [6.45, 7) is 0.967. The minimum Gasteiger partial charge on any atom is -0.497 e. The molecule has 0 unspecified atom stereocenters. The fraction of sp³-hybridized carbons (Fsp3) is 0.250. The highest BCUT2D eigenvalue weighted by atomic mass is 16.5. The van der Waals surface area contributed by atoms with Gasteiger partial charge in [-0.2, -0.15) is 0 Å². The fourth-order valence-electron chi connectivity index (χ4n) is 2.42. The smallest absolute Gasteiger partial charge is 0.251 e. The second-order valence-corrected chi connectivity index (χ2v) is 5.98. The van der Waals surface area contributed by atoms with Gasteiger partial charge in [0.05, 0.1) is 13.7 Å². The van der Waals surface area contributed by atoms with Crippen LogP contribution in [0.5, 0.6) is 5.75 Å². The van der Waals surface area contributed by atoms with Gasteiger partial charge in [0.2, 0.25) is 5.91 Å². The van der Waals surface area contributed by atoms with E-state index in [1.165, 1.54) is 0 Å². The molecule has 0 saturated carbocycles. The predicted octanol–water partition coefficient (Wildman–Crippen LogP) is 0.776. The van der Waals surface area contributed by atoms with Crippen LogP contribution in [-0.2, 0) is 17.9 Å². The molecule has 8 nitrogen and oxygen atoms in total. The number of hydrogen-bond donors (Lipinski definition) is 4. The molecule has 148 valence electrons. The predicted molar refractivity (Wildman–Crippen MR) is 108 cm³/mol. The number of nitrogens with one attached hydrogen (secondary N) is 3. The van der Waals surface area contributed by atoms with Gasteiger partial charge in [-0.25, -0.2) is 0 Å². The van der Waals surface area contributed by atoms with E-state index in [9.17, 15) is 9.59 Å². The molecule has 0 bridgehead atoms. The number of primary amides is 1. The van der Waals surface area contributed by atoms with E-state index in [0.29, 0.717) is 24.6 Å². The lowest BCUT2D eigenvalue weighted by Gasteiger charge is -2.13. The third kappa shape index (κ3) is 6.64. The van der Waals surface area contributed by atoms with Gasteiger partial charge < -0.3 is 26.4 Å². The van der Waals surface area contributed by atoms with Gasteiger partial charge in [-0.05, 0) is 35.4 Å². The molecule has 2 rings (SSSR count). The number of hydrogen-bond acceptors (Lipinski definition) is 4. The Labute approximate surface area is 164 Å². The van der Waals surface area contributed by atoms with Crippen molar-refractivity contribution in [3.63, 3.8) is 0 Å². The monoisotopic (exact) mass is 383 g/mol. The highest BCUT2D eigenvalue weighted by Gasteiger charge is 2.06. The number of rotatable bonds is 8. The van der Waals surface area contributed by atoms with E-state index in [1.807, 2.05) is 36.4 Å². The molecule has 2 amide bonds. The number of nitrogens with zero attached hydrogens (tertiary/aromatic N) is 1. The number of guanidine groups is 1. The van der Waals surface area contributed by atoms with E-state index in [0.717, 1.165) is 16.9 Å². The first-order valence-electron chi connectivity index (χ1n) is 8.74. The Kier molecular flexibility index (Phi) is 7.83. The van der Waals surface area contributed by atoms with Gasteiger partial charge in [0.15, 0.2) is 5.96 Å². The standard InChI is InChI=1S/C20H25N5O3/c1-22-20(25-12-15-4-3-5-17(10-15)28-2)24-11-14-6-8-16(9-7-14)19(27)23-13-18(21)26/h3-10H,11-13H2,1-2H3,(H2,21,26)(H,23,27)(H2,22,24,25). The van der Waals surface area contributed by atoms with Gasteiger partial charge in [-0.3, -0.25) is 14.6 Å². The van der Waals surface area contributed by atoms with Crippen molar-refractivity contribution < 1.29 is 14.3 Å². The maximum Gasteiger partial charge on any atom is 0.251 e. The summed E-state index contributed by atoms with van der Waals surface area (Å²) < 4.78 is 5.22. The maximum atomic E-state index is 11.9. The fourth-order valence-corrected chi connectivity index (χ4v) is 2.42. The largest absolute Gasteiger partial charge is 0.497 e. The Morgan fingerprint density at radius 1 is 1.00 bits per heavy atom. The van der Waals surface area contributed by atoms with E-state index in [2.05, 4.69) is 20.9 Å². The summed E-state index contributed by atoms with van der Waals surface area (Å²) >= 11 is 0. The number of carbonyl (C=O) groups excluding carboxylic acids is 2. The zero-order chi connectivity index (χ0) is 20.4. The molecule has 0 aliphatic carbocycles. The number of benzene rings is 2. The normalized spacial score (nSPS) is 10.9. The topological polar surface area (TPSA) is 118 Å². The van der Waals surface area contributed by atoms with Crippen molar-refractivity contribution in [3.8, 4) is 5.75 Å². The van der Waals surface area contributed by atoms with Crippen LogP contribution in [0.3, 0.4) is 0 Å². The van der Waals surface area contributed by atoms with Crippen LogP contribution in [0.1, 0.15) is 21.5 Å². The Morgan fingerprint density at radius 2 is 1.68 bits per heavy atom. The lowest BCUT2D eigenvalue weighted by molar-refractivity contribution is -0.117. The first kappa shape index (κ1) is 20.8. The summed E-state index contributed by atoms with van der Waals surface area (Å²) in [4.78, 5) is 26.8. The minimum atomic E-state index is -0.581. The quantitative estimate of drug-likeness (QED) is 0.397. The molecular weight excluding hydrogens is 358 g/mol. The van der Waals surface area contributed by atoms with Gasteiger partial charge in [0, 0.05) is 25.7 Å². The Morgan fingerprint density at radius 3 is 2.29 bits per heavy atom. The molecule has 5 N–H and O–H groups in total. The van der Waals surface area contributed by atoms with Gasteiger partial charge in [0.1, 0.15) is 5.75 Å². The summed E-state index contributed by atoms with van der Waals surface area (Å²) in [6.07, 6.45) is 0. The minimum absolute atomic E-state index is 0.183. The number of ether oxygens (including phenoxy) is 1. The van der Waals surface area contributed by atoms with Crippen molar-refractivity contribution in [3.05, 3.63) is 65.2 Å². The molecule has 0 heterocycles. The van der Waals surface area contributed by atoms with E-state index >= 15 is 0 Å². The molecule has 0 radical (unpaired) electrons. The van der Waals surface area contributed by atoms with Crippen LogP contribution in [0.2, 0.25) is 0 Å². The number of carbonyl (C=O) groups is 2. The molecule has 2 aromatic carbocycles. The van der Waals surface area contributed by atoms with Crippen molar-refractivity contribution in [1.29, 1.82) is 0 Å². The SMILES string of the molecule is CN=C(NCc1ccc(C(=O)NCC(N)=O)cc1)NCc1cccc(OC)c1. The summed E-state index contributed by atoms with van der Waals surface area (Å²) in [5, 5.41) is 8.91. The highest BCUT2D eigenvalue weighted by Crippen LogP contribution is 2.12. The molecule has 0 fully saturated rings. The lowest BCUT2D eigenvalue weighted by Crippen LogP contribution is -2.36. The highest BCUT2D eigenvalue weighted by molar-refractivity contribution is 5.96. The molecule has 28 heavy (non-hydrogen) atoms. The molecule has 0 aliphatic heterocycles. The molecule has 0 spiro atoms. The van der Waals surface area contributed by atoms with Crippen molar-refractivity contribution >= 4 is 17.8 Å². The third-order valence-electron chi connectivity index (χ3n) is 3.92. The van der Waals surface area contributed by atoms with Crippen LogP contribution >= 0.6 is 0 Å². The summed E-state index contributed by atoms with van der Waals surface area (Å²) in [5.41, 5.74) is 7.54. The molecule has 8 heteroatoms. The molecule has 0 aromatic heterocycles. The summed E-state index contributed by atoms with van der Waals surface area (Å²) in [7, 11) is 3.34. The van der Waals surface area contributed by atoms with Crippen molar-refractivity contribution in [2.75, 3.05) is 20.7 Å². The van der Waals surface area contributed by atoms with E-state index in [-0.39, 0.29) is 12.5 Å². The molecule has 0 aliphatic rings. The maximum absolute atomic E-state index is 11.9. The molecule has 0 atom stereocenters. The Balaban J connectivity index is 1.84. The number of methoxy groups -OCH3 is 1. The zero-order valence-electron chi connectivity index (χ0n) is 16.0. The Hall–Kier alpha value is -3.55. The van der Waals surface area contributed by atoms with Crippen LogP contribution in [0.4, 0.5) is 0 Å². The zero-order valence-corrected chi connectivity index (χ0v) is 16.0. The van der Waals surface area contributed by atoms with Crippen molar-refractivity contribution in [2.45, 2.75) is 13.1 Å².